The van der Waals surface area contributed by atoms with Crippen molar-refractivity contribution in [3.05, 3.63) is 156 Å². The van der Waals surface area contributed by atoms with Crippen molar-refractivity contribution in [2.75, 3.05) is 4.90 Å². The molecule has 1 nitrogen and oxygen atoms in total. The van der Waals surface area contributed by atoms with Gasteiger partial charge in [-0.3, -0.25) is 0 Å². The molecule has 0 aliphatic heterocycles. The fourth-order valence-electron chi connectivity index (χ4n) is 7.36. The minimum atomic E-state index is -0.0801. The van der Waals surface area contributed by atoms with Crippen molar-refractivity contribution in [3.8, 4) is 34.1 Å². The Morgan fingerprint density at radius 2 is 1.33 bits per heavy atom. The van der Waals surface area contributed by atoms with Gasteiger partial charge in [-0.25, -0.2) is 0 Å². The molecule has 2 heteroatoms. The Kier molecular flexibility index (Phi) is 7.51. The van der Waals surface area contributed by atoms with Crippen LogP contribution in [0.15, 0.2) is 133 Å². The van der Waals surface area contributed by atoms with E-state index in [1.54, 1.807) is 0 Å². The fraction of sp³-hybridized carbons (Fsp3) is 0.130. The summed E-state index contributed by atoms with van der Waals surface area (Å²) < 4.78 is 2.73. The molecule has 48 heavy (non-hydrogen) atoms. The first-order valence-electron chi connectivity index (χ1n) is 16.9. The molecule has 232 valence electrons. The number of nitrogens with zero attached hydrogens (tertiary/aromatic N) is 1. The van der Waals surface area contributed by atoms with E-state index in [0.29, 0.717) is 0 Å². The number of anilines is 3. The number of hydrogen-bond acceptors (Lipinski definition) is 2. The predicted molar refractivity (Wildman–Crippen MR) is 209 cm³/mol. The molecule has 1 heterocycles. The Morgan fingerprint density at radius 1 is 0.646 bits per heavy atom. The van der Waals surface area contributed by atoms with Crippen LogP contribution in [0, 0.1) is 11.8 Å². The molecule has 0 amide bonds. The third-order valence-electron chi connectivity index (χ3n) is 9.69. The van der Waals surface area contributed by atoms with Gasteiger partial charge in [-0.1, -0.05) is 131 Å². The second-order valence-corrected chi connectivity index (χ2v) is 13.8. The van der Waals surface area contributed by atoms with Gasteiger partial charge in [-0.05, 0) is 81.9 Å². The average Bonchev–Trinajstić information content (AvgIpc) is 3.50. The molecule has 0 radical (unpaired) electrons. The Labute approximate surface area is 287 Å². The van der Waals surface area contributed by atoms with Gasteiger partial charge in [0.25, 0.3) is 0 Å². The van der Waals surface area contributed by atoms with Crippen LogP contribution in [0.25, 0.3) is 48.5 Å². The van der Waals surface area contributed by atoms with Gasteiger partial charge < -0.3 is 4.90 Å². The highest BCUT2D eigenvalue weighted by molar-refractivity contribution is 7.26. The lowest BCUT2D eigenvalue weighted by Crippen LogP contribution is -2.15. The van der Waals surface area contributed by atoms with Crippen LogP contribution in [0.5, 0.6) is 0 Å². The summed E-state index contributed by atoms with van der Waals surface area (Å²) in [5.74, 6) is 6.61. The molecule has 0 saturated carbocycles. The molecule has 0 unspecified atom stereocenters. The fourth-order valence-corrected chi connectivity index (χ4v) is 8.62. The Balaban J connectivity index is 0.00000165. The number of hydrogen-bond donors (Lipinski definition) is 0. The first-order chi connectivity index (χ1) is 23.6. The standard InChI is InChI=1S/C44H31NS.C2H6/c1-44(2)39-25-23-35(28-38(39)42-40(44)26-24-37-36-15-9-10-16-41(36)46-43(37)42)45(34-22-19-30-13-7-4-8-14-32(30)27-34)33-20-17-31(18-21-33)29-11-5-3-6-12-29;1-2/h3,5-6,8-12,14-28H,4H2,1-2H3;1-2H3. The highest BCUT2D eigenvalue weighted by atomic mass is 32.1. The van der Waals surface area contributed by atoms with Gasteiger partial charge in [-0.15, -0.1) is 11.3 Å². The molecule has 6 aromatic carbocycles. The van der Waals surface area contributed by atoms with Crippen LogP contribution in [-0.2, 0) is 5.41 Å². The van der Waals surface area contributed by atoms with E-state index < -0.39 is 0 Å². The molecule has 9 rings (SSSR count). The summed E-state index contributed by atoms with van der Waals surface area (Å²) in [6, 6.07) is 46.9. The van der Waals surface area contributed by atoms with Crippen LogP contribution >= 0.6 is 11.3 Å². The molecule has 2 aliphatic carbocycles. The van der Waals surface area contributed by atoms with Crippen LogP contribution in [0.4, 0.5) is 17.1 Å². The molecular formula is C46H37NS. The molecule has 7 aromatic rings. The zero-order valence-corrected chi connectivity index (χ0v) is 28.7. The van der Waals surface area contributed by atoms with Crippen LogP contribution in [0.3, 0.4) is 0 Å². The van der Waals surface area contributed by atoms with E-state index in [0.717, 1.165) is 34.6 Å². The minimum absolute atomic E-state index is 0.0801. The van der Waals surface area contributed by atoms with E-state index in [1.165, 1.54) is 53.6 Å². The van der Waals surface area contributed by atoms with Gasteiger partial charge in [0.2, 0.25) is 0 Å². The topological polar surface area (TPSA) is 3.24 Å². The number of fused-ring (bicyclic) bond motifs is 8. The zero-order chi connectivity index (χ0) is 32.8. The number of benzene rings is 6. The Morgan fingerprint density at radius 3 is 2.17 bits per heavy atom. The summed E-state index contributed by atoms with van der Waals surface area (Å²) in [6.07, 6.45) is 5.13. The number of rotatable bonds is 4. The summed E-state index contributed by atoms with van der Waals surface area (Å²) in [7, 11) is 0. The predicted octanol–water partition coefficient (Wildman–Crippen LogP) is 13.3. The second-order valence-electron chi connectivity index (χ2n) is 12.7. The van der Waals surface area contributed by atoms with Gasteiger partial charge in [0.15, 0.2) is 0 Å². The van der Waals surface area contributed by atoms with Gasteiger partial charge >= 0.3 is 0 Å². The highest BCUT2D eigenvalue weighted by Gasteiger charge is 2.37. The van der Waals surface area contributed by atoms with Gasteiger partial charge in [-0.2, -0.15) is 0 Å². The van der Waals surface area contributed by atoms with Crippen molar-refractivity contribution in [2.24, 2.45) is 0 Å². The smallest absolute Gasteiger partial charge is 0.0468 e. The van der Waals surface area contributed by atoms with E-state index in [-0.39, 0.29) is 5.41 Å². The lowest BCUT2D eigenvalue weighted by molar-refractivity contribution is 0.661. The van der Waals surface area contributed by atoms with Gasteiger partial charge in [0.1, 0.15) is 0 Å². The van der Waals surface area contributed by atoms with Gasteiger partial charge in [0.05, 0.1) is 0 Å². The van der Waals surface area contributed by atoms with Crippen molar-refractivity contribution in [1.82, 2.24) is 0 Å². The van der Waals surface area contributed by atoms with Crippen molar-refractivity contribution >= 4 is 54.6 Å². The summed E-state index contributed by atoms with van der Waals surface area (Å²) >= 11 is 1.92. The lowest BCUT2D eigenvalue weighted by Gasteiger charge is -2.28. The third kappa shape index (κ3) is 4.86. The molecule has 2 aliphatic rings. The molecule has 1 aromatic heterocycles. The van der Waals surface area contributed by atoms with Crippen molar-refractivity contribution in [2.45, 2.75) is 39.5 Å². The normalized spacial score (nSPS) is 13.4. The van der Waals surface area contributed by atoms with Crippen LogP contribution in [0.2, 0.25) is 0 Å². The maximum Gasteiger partial charge on any atom is 0.0468 e. The zero-order valence-electron chi connectivity index (χ0n) is 27.8. The number of thiophene rings is 1. The SMILES string of the molecule is CC.CC1(C)c2ccc(N(c3ccc(-c4ccccc4)cc3)c3ccc4c(c3)C=CCC#C4)cc2-c2c1ccc1c2sc2ccccc21. The highest BCUT2D eigenvalue weighted by Crippen LogP contribution is 2.55. The van der Waals surface area contributed by atoms with E-state index in [1.807, 2.05) is 25.2 Å². The molecule has 0 fully saturated rings. The van der Waals surface area contributed by atoms with E-state index in [2.05, 4.69) is 170 Å². The minimum Gasteiger partial charge on any atom is -0.310 e. The van der Waals surface area contributed by atoms with E-state index >= 15 is 0 Å². The number of allylic oxidation sites excluding steroid dienone is 1. The summed E-state index contributed by atoms with van der Waals surface area (Å²) in [5, 5.41) is 2.69. The maximum atomic E-state index is 3.35. The monoisotopic (exact) mass is 635 g/mol. The summed E-state index contributed by atoms with van der Waals surface area (Å²) in [5.41, 5.74) is 13.5. The molecular weight excluding hydrogens is 599 g/mol. The van der Waals surface area contributed by atoms with Crippen LogP contribution in [-0.4, -0.2) is 0 Å². The quantitative estimate of drug-likeness (QED) is 0.174. The van der Waals surface area contributed by atoms with E-state index in [4.69, 9.17) is 0 Å². The maximum absolute atomic E-state index is 3.35. The molecule has 0 N–H and O–H groups in total. The first-order valence-corrected chi connectivity index (χ1v) is 17.7. The Bertz CT molecular complexity index is 2410. The summed E-state index contributed by atoms with van der Waals surface area (Å²) in [6.45, 7) is 8.74. The largest absolute Gasteiger partial charge is 0.310 e. The molecule has 0 atom stereocenters. The summed E-state index contributed by atoms with van der Waals surface area (Å²) in [4.78, 5) is 2.40. The van der Waals surface area contributed by atoms with Crippen molar-refractivity contribution < 1.29 is 0 Å². The Hall–Kier alpha value is -5.36. The second kappa shape index (κ2) is 12.0. The third-order valence-corrected chi connectivity index (χ3v) is 10.9. The van der Waals surface area contributed by atoms with Gasteiger partial charge in [0, 0.05) is 60.2 Å². The lowest BCUT2D eigenvalue weighted by atomic mass is 9.82. The molecule has 0 saturated heterocycles. The molecule has 0 spiro atoms. The molecule has 0 bridgehead atoms. The van der Waals surface area contributed by atoms with Crippen molar-refractivity contribution in [3.63, 3.8) is 0 Å². The first kappa shape index (κ1) is 30.0. The van der Waals surface area contributed by atoms with E-state index in [9.17, 15) is 0 Å². The van der Waals surface area contributed by atoms with Crippen LogP contribution in [0.1, 0.15) is 56.4 Å². The van der Waals surface area contributed by atoms with Crippen LogP contribution < -0.4 is 4.90 Å². The average molecular weight is 636 g/mol. The van der Waals surface area contributed by atoms with Crippen molar-refractivity contribution in [1.29, 1.82) is 0 Å².